The zero-order valence-electron chi connectivity index (χ0n) is 11.7. The summed E-state index contributed by atoms with van der Waals surface area (Å²) in [5.74, 6) is 0. The van der Waals surface area contributed by atoms with Crippen molar-refractivity contribution in [3.05, 3.63) is 70.9 Å². The number of aldehydes is 1. The second kappa shape index (κ2) is 4.42. The average molecular weight is 274 g/mol. The van der Waals surface area contributed by atoms with E-state index in [0.717, 1.165) is 33.9 Å². The van der Waals surface area contributed by atoms with Crippen molar-refractivity contribution >= 4 is 23.3 Å². The van der Waals surface area contributed by atoms with Gasteiger partial charge in [-0.25, -0.2) is 0 Å². The van der Waals surface area contributed by atoms with Crippen LogP contribution in [-0.4, -0.2) is 16.1 Å². The van der Waals surface area contributed by atoms with E-state index in [1.807, 2.05) is 35.2 Å². The third-order valence-corrected chi connectivity index (χ3v) is 4.06. The van der Waals surface area contributed by atoms with Crippen molar-refractivity contribution in [3.8, 4) is 0 Å². The first kappa shape index (κ1) is 12.1. The lowest BCUT2D eigenvalue weighted by atomic mass is 9.93. The van der Waals surface area contributed by atoms with Crippen molar-refractivity contribution in [1.82, 2.24) is 9.78 Å². The molecule has 1 aromatic heterocycles. The molecule has 1 aliphatic heterocycles. The number of hydrogen-bond acceptors (Lipinski definition) is 2. The standard InChI is InChI=1S/C18H14N2O/c1-12-5-7-13(8-6-12)17-16(11-21)9-14-3-2-4-15-10-19-20(17)18(14)15/h2-11,17H,1H3/t17-/m1/s1. The Morgan fingerprint density at radius 3 is 2.71 bits per heavy atom. The van der Waals surface area contributed by atoms with Gasteiger partial charge in [0.05, 0.1) is 11.7 Å². The Bertz CT molecular complexity index is 872. The third-order valence-electron chi connectivity index (χ3n) is 4.06. The van der Waals surface area contributed by atoms with Gasteiger partial charge < -0.3 is 0 Å². The van der Waals surface area contributed by atoms with Gasteiger partial charge in [-0.15, -0.1) is 0 Å². The number of rotatable bonds is 2. The molecule has 21 heavy (non-hydrogen) atoms. The molecule has 3 heteroatoms. The maximum Gasteiger partial charge on any atom is 0.148 e. The van der Waals surface area contributed by atoms with Crippen molar-refractivity contribution < 1.29 is 4.79 Å². The number of allylic oxidation sites excluding steroid dienone is 1. The Balaban J connectivity index is 1.99. The molecule has 0 fully saturated rings. The quantitative estimate of drug-likeness (QED) is 0.670. The van der Waals surface area contributed by atoms with Crippen LogP contribution < -0.4 is 0 Å². The minimum Gasteiger partial charge on any atom is -0.298 e. The van der Waals surface area contributed by atoms with E-state index in [9.17, 15) is 4.79 Å². The van der Waals surface area contributed by atoms with Crippen molar-refractivity contribution in [2.24, 2.45) is 0 Å². The topological polar surface area (TPSA) is 34.9 Å². The van der Waals surface area contributed by atoms with Crippen molar-refractivity contribution in [2.45, 2.75) is 13.0 Å². The Hall–Kier alpha value is -2.68. The van der Waals surface area contributed by atoms with E-state index in [2.05, 4.69) is 36.3 Å². The molecule has 0 amide bonds. The van der Waals surface area contributed by atoms with Gasteiger partial charge in [0.2, 0.25) is 0 Å². The SMILES string of the molecule is Cc1ccc([C@@H]2C(C=O)=Cc3cccc4cnn2c34)cc1. The van der Waals surface area contributed by atoms with E-state index >= 15 is 0 Å². The van der Waals surface area contributed by atoms with Gasteiger partial charge in [0.15, 0.2) is 0 Å². The van der Waals surface area contributed by atoms with Gasteiger partial charge in [-0.1, -0.05) is 48.0 Å². The summed E-state index contributed by atoms with van der Waals surface area (Å²) in [4.78, 5) is 11.6. The molecule has 3 nitrogen and oxygen atoms in total. The van der Waals surface area contributed by atoms with Crippen LogP contribution in [0.5, 0.6) is 0 Å². The molecule has 0 unspecified atom stereocenters. The van der Waals surface area contributed by atoms with Crippen LogP contribution >= 0.6 is 0 Å². The summed E-state index contributed by atoms with van der Waals surface area (Å²) in [6, 6.07) is 14.2. The molecule has 1 aliphatic rings. The van der Waals surface area contributed by atoms with Crippen LogP contribution in [0.15, 0.2) is 54.2 Å². The van der Waals surface area contributed by atoms with Crippen LogP contribution in [0.2, 0.25) is 0 Å². The van der Waals surface area contributed by atoms with Crippen LogP contribution in [0.25, 0.3) is 17.0 Å². The molecule has 0 saturated carbocycles. The van der Waals surface area contributed by atoms with Crippen molar-refractivity contribution in [3.63, 3.8) is 0 Å². The lowest BCUT2D eigenvalue weighted by Crippen LogP contribution is -2.18. The Kier molecular flexibility index (Phi) is 2.54. The number of aromatic nitrogens is 2. The van der Waals surface area contributed by atoms with Crippen molar-refractivity contribution in [2.75, 3.05) is 0 Å². The van der Waals surface area contributed by atoms with Crippen LogP contribution in [0, 0.1) is 6.92 Å². The van der Waals surface area contributed by atoms with Crippen molar-refractivity contribution in [1.29, 1.82) is 0 Å². The zero-order chi connectivity index (χ0) is 14.4. The summed E-state index contributed by atoms with van der Waals surface area (Å²) in [5, 5.41) is 5.62. The maximum atomic E-state index is 11.6. The summed E-state index contributed by atoms with van der Waals surface area (Å²) in [6.45, 7) is 2.06. The molecule has 102 valence electrons. The van der Waals surface area contributed by atoms with Gasteiger partial charge in [0, 0.05) is 16.5 Å². The summed E-state index contributed by atoms with van der Waals surface area (Å²) >= 11 is 0. The second-order valence-corrected chi connectivity index (χ2v) is 5.45. The molecular weight excluding hydrogens is 260 g/mol. The highest BCUT2D eigenvalue weighted by Crippen LogP contribution is 2.35. The first-order valence-electron chi connectivity index (χ1n) is 6.97. The Morgan fingerprint density at radius 1 is 1.14 bits per heavy atom. The molecule has 0 bridgehead atoms. The van der Waals surface area contributed by atoms with Crippen LogP contribution in [0.1, 0.15) is 22.7 Å². The largest absolute Gasteiger partial charge is 0.298 e. The second-order valence-electron chi connectivity index (χ2n) is 5.45. The highest BCUT2D eigenvalue weighted by molar-refractivity contribution is 5.95. The summed E-state index contributed by atoms with van der Waals surface area (Å²) in [5.41, 5.74) is 5.17. The number of hydrogen-bond donors (Lipinski definition) is 0. The molecule has 0 radical (unpaired) electrons. The smallest absolute Gasteiger partial charge is 0.148 e. The van der Waals surface area contributed by atoms with Gasteiger partial charge in [0.1, 0.15) is 12.3 Å². The monoisotopic (exact) mass is 274 g/mol. The molecule has 3 aromatic rings. The fraction of sp³-hybridized carbons (Fsp3) is 0.111. The summed E-state index contributed by atoms with van der Waals surface area (Å²) in [7, 11) is 0. The van der Waals surface area contributed by atoms with E-state index in [1.54, 1.807) is 0 Å². The van der Waals surface area contributed by atoms with Gasteiger partial charge in [0.25, 0.3) is 0 Å². The van der Waals surface area contributed by atoms with Gasteiger partial charge >= 0.3 is 0 Å². The van der Waals surface area contributed by atoms with Crippen LogP contribution in [0.4, 0.5) is 0 Å². The van der Waals surface area contributed by atoms with Crippen LogP contribution in [-0.2, 0) is 4.79 Å². The lowest BCUT2D eigenvalue weighted by molar-refractivity contribution is -0.105. The third kappa shape index (κ3) is 1.74. The Morgan fingerprint density at radius 2 is 1.95 bits per heavy atom. The van der Waals surface area contributed by atoms with E-state index in [4.69, 9.17) is 0 Å². The first-order chi connectivity index (χ1) is 10.3. The summed E-state index contributed by atoms with van der Waals surface area (Å²) in [6.07, 6.45) is 4.77. The van der Waals surface area contributed by atoms with Gasteiger partial charge in [-0.05, 0) is 18.6 Å². The normalized spacial score (nSPS) is 16.8. The molecule has 1 atom stereocenters. The first-order valence-corrected chi connectivity index (χ1v) is 6.97. The summed E-state index contributed by atoms with van der Waals surface area (Å²) < 4.78 is 1.96. The molecule has 0 spiro atoms. The minimum atomic E-state index is -0.143. The highest BCUT2D eigenvalue weighted by atomic mass is 16.1. The zero-order valence-corrected chi connectivity index (χ0v) is 11.7. The molecule has 0 aliphatic carbocycles. The lowest BCUT2D eigenvalue weighted by Gasteiger charge is -2.24. The van der Waals surface area contributed by atoms with E-state index in [-0.39, 0.29) is 6.04 Å². The molecule has 0 N–H and O–H groups in total. The molecule has 0 saturated heterocycles. The van der Waals surface area contributed by atoms with E-state index < -0.39 is 0 Å². The number of nitrogens with zero attached hydrogens (tertiary/aromatic N) is 2. The number of aryl methyl sites for hydroxylation is 1. The Labute approximate surface area is 122 Å². The highest BCUT2D eigenvalue weighted by Gasteiger charge is 2.26. The van der Waals surface area contributed by atoms with Gasteiger partial charge in [-0.2, -0.15) is 5.10 Å². The predicted octanol–water partition coefficient (Wildman–Crippen LogP) is 3.53. The number of carbonyl (C=O) groups excluding carboxylic acids is 1. The fourth-order valence-electron chi connectivity index (χ4n) is 3.02. The van der Waals surface area contributed by atoms with Gasteiger partial charge in [-0.3, -0.25) is 9.48 Å². The van der Waals surface area contributed by atoms with Crippen LogP contribution in [0.3, 0.4) is 0 Å². The van der Waals surface area contributed by atoms with E-state index in [0.29, 0.717) is 0 Å². The number of benzene rings is 2. The predicted molar refractivity (Wildman–Crippen MR) is 83.1 cm³/mol. The molecule has 4 rings (SSSR count). The van der Waals surface area contributed by atoms with E-state index in [1.165, 1.54) is 5.56 Å². The number of para-hydroxylation sites is 1. The molecular formula is C18H14N2O. The minimum absolute atomic E-state index is 0.143. The fourth-order valence-corrected chi connectivity index (χ4v) is 3.02. The number of carbonyl (C=O) groups is 1. The molecule has 2 heterocycles. The molecule has 2 aromatic carbocycles. The maximum absolute atomic E-state index is 11.6. The average Bonchev–Trinajstić information content (AvgIpc) is 2.94.